The molecular weight excluding hydrogens is 313 g/mol. The second kappa shape index (κ2) is 14.9. The topological polar surface area (TPSA) is 63.7 Å². The minimum absolute atomic E-state index is 0. The van der Waals surface area contributed by atoms with E-state index < -0.39 is 16.2 Å². The zero-order chi connectivity index (χ0) is 16.1. The predicted molar refractivity (Wildman–Crippen MR) is 92.3 cm³/mol. The second-order valence-electron chi connectivity index (χ2n) is 5.30. The first-order chi connectivity index (χ1) is 9.95. The number of unbranched alkanes of at least 4 members (excludes halogenated alkanes) is 8. The first kappa shape index (κ1) is 24.6. The Bertz CT molecular complexity index is 374. The quantitative estimate of drug-likeness (QED) is 0.380. The number of carbonyl (C=O) groups is 1. The SMILES string of the molecule is CCCCCCCCCCCC(=O)N(C)S(=O)(=O)OCC.[NaH]. The van der Waals surface area contributed by atoms with Crippen LogP contribution in [0.2, 0.25) is 0 Å². The Kier molecular flexibility index (Phi) is 16.7. The molecule has 0 rings (SSSR count). The van der Waals surface area contributed by atoms with Crippen molar-refractivity contribution in [2.24, 2.45) is 0 Å². The zero-order valence-electron chi connectivity index (χ0n) is 13.8. The molecule has 0 saturated carbocycles. The summed E-state index contributed by atoms with van der Waals surface area (Å²) in [7, 11) is -2.63. The molecule has 0 aromatic rings. The van der Waals surface area contributed by atoms with Gasteiger partial charge in [0.25, 0.3) is 0 Å². The van der Waals surface area contributed by atoms with Crippen LogP contribution >= 0.6 is 0 Å². The van der Waals surface area contributed by atoms with Gasteiger partial charge >= 0.3 is 39.9 Å². The van der Waals surface area contributed by atoms with Crippen LogP contribution < -0.4 is 0 Å². The Labute approximate surface area is 158 Å². The first-order valence-electron chi connectivity index (χ1n) is 8.11. The maximum atomic E-state index is 11.7. The number of amides is 1. The van der Waals surface area contributed by atoms with E-state index in [1.54, 1.807) is 6.92 Å². The van der Waals surface area contributed by atoms with Gasteiger partial charge in [-0.25, -0.2) is 4.31 Å². The van der Waals surface area contributed by atoms with Gasteiger partial charge in [0.2, 0.25) is 5.91 Å². The van der Waals surface area contributed by atoms with Gasteiger partial charge in [0.15, 0.2) is 0 Å². The Morgan fingerprint density at radius 3 is 1.82 bits per heavy atom. The van der Waals surface area contributed by atoms with Crippen LogP contribution in [0.4, 0.5) is 0 Å². The summed E-state index contributed by atoms with van der Waals surface area (Å²) in [4.78, 5) is 11.7. The Morgan fingerprint density at radius 2 is 1.36 bits per heavy atom. The molecule has 0 aromatic heterocycles. The van der Waals surface area contributed by atoms with Crippen LogP contribution in [0, 0.1) is 0 Å². The third-order valence-electron chi connectivity index (χ3n) is 3.45. The van der Waals surface area contributed by atoms with Gasteiger partial charge in [-0.3, -0.25) is 8.98 Å². The summed E-state index contributed by atoms with van der Waals surface area (Å²) in [5.41, 5.74) is 0. The standard InChI is InChI=1S/C15H31NO4S.Na.H/c1-4-6-7-8-9-10-11-12-13-14-15(17)16(3)21(18,19)20-5-2;;/h4-14H2,1-3H3;;. The average molecular weight is 345 g/mol. The number of hydrogen-bond donors (Lipinski definition) is 0. The van der Waals surface area contributed by atoms with Gasteiger partial charge in [0, 0.05) is 13.5 Å². The third-order valence-corrected chi connectivity index (χ3v) is 4.86. The maximum absolute atomic E-state index is 11.7. The van der Waals surface area contributed by atoms with Crippen LogP contribution in [-0.2, 0) is 19.3 Å². The normalized spacial score (nSPS) is 11.0. The number of carbonyl (C=O) groups excluding carboxylic acids is 1. The van der Waals surface area contributed by atoms with Crippen LogP contribution in [0.15, 0.2) is 0 Å². The van der Waals surface area contributed by atoms with E-state index in [0.29, 0.717) is 4.31 Å². The van der Waals surface area contributed by atoms with E-state index in [4.69, 9.17) is 0 Å². The van der Waals surface area contributed by atoms with Crippen molar-refractivity contribution in [2.45, 2.75) is 78.1 Å². The van der Waals surface area contributed by atoms with E-state index in [2.05, 4.69) is 11.1 Å². The molecule has 0 aliphatic heterocycles. The fourth-order valence-electron chi connectivity index (χ4n) is 2.10. The molecule has 1 amide bonds. The Morgan fingerprint density at radius 1 is 0.909 bits per heavy atom. The van der Waals surface area contributed by atoms with Crippen LogP contribution in [-0.4, -0.2) is 61.8 Å². The van der Waals surface area contributed by atoms with Crippen molar-refractivity contribution in [3.63, 3.8) is 0 Å². The second-order valence-corrected chi connectivity index (χ2v) is 6.94. The molecule has 0 spiro atoms. The molecule has 0 heterocycles. The summed E-state index contributed by atoms with van der Waals surface area (Å²) in [6, 6.07) is 0. The van der Waals surface area contributed by atoms with E-state index >= 15 is 0 Å². The molecule has 22 heavy (non-hydrogen) atoms. The van der Waals surface area contributed by atoms with Crippen LogP contribution in [0.3, 0.4) is 0 Å². The van der Waals surface area contributed by atoms with E-state index in [0.717, 1.165) is 19.3 Å². The van der Waals surface area contributed by atoms with Crippen molar-refractivity contribution >= 4 is 45.8 Å². The van der Waals surface area contributed by atoms with Crippen molar-refractivity contribution < 1.29 is 17.4 Å². The molecule has 0 atom stereocenters. The molecular formula is C15H32NNaO4S. The van der Waals surface area contributed by atoms with Crippen molar-refractivity contribution in [1.82, 2.24) is 4.31 Å². The summed E-state index contributed by atoms with van der Waals surface area (Å²) in [5.74, 6) is -0.397. The molecule has 128 valence electrons. The summed E-state index contributed by atoms with van der Waals surface area (Å²) in [6.07, 6.45) is 10.7. The van der Waals surface area contributed by atoms with Crippen molar-refractivity contribution in [3.05, 3.63) is 0 Å². The van der Waals surface area contributed by atoms with E-state index in [1.807, 2.05) is 0 Å². The van der Waals surface area contributed by atoms with Gasteiger partial charge in [-0.2, -0.15) is 8.42 Å². The zero-order valence-corrected chi connectivity index (χ0v) is 14.6. The molecule has 0 unspecified atom stereocenters. The molecule has 0 radical (unpaired) electrons. The summed E-state index contributed by atoms with van der Waals surface area (Å²) in [5, 5.41) is 0. The predicted octanol–water partition coefficient (Wildman–Crippen LogP) is 3.00. The Balaban J connectivity index is 0. The third kappa shape index (κ3) is 11.9. The number of hydrogen-bond acceptors (Lipinski definition) is 4. The van der Waals surface area contributed by atoms with E-state index in [1.165, 1.54) is 45.6 Å². The van der Waals surface area contributed by atoms with Gasteiger partial charge < -0.3 is 0 Å². The van der Waals surface area contributed by atoms with E-state index in [-0.39, 0.29) is 42.6 Å². The number of rotatable bonds is 13. The van der Waals surface area contributed by atoms with Gasteiger partial charge in [0.1, 0.15) is 0 Å². The monoisotopic (exact) mass is 345 g/mol. The van der Waals surface area contributed by atoms with Crippen LogP contribution in [0.1, 0.15) is 78.1 Å². The molecule has 0 fully saturated rings. The van der Waals surface area contributed by atoms with Crippen molar-refractivity contribution in [3.8, 4) is 0 Å². The molecule has 5 nitrogen and oxygen atoms in total. The fourth-order valence-corrected chi connectivity index (χ4v) is 2.89. The molecule has 0 bridgehead atoms. The molecule has 0 aromatic carbocycles. The van der Waals surface area contributed by atoms with Crippen molar-refractivity contribution in [2.75, 3.05) is 13.7 Å². The van der Waals surface area contributed by atoms with Gasteiger partial charge in [-0.05, 0) is 13.3 Å². The molecule has 0 N–H and O–H groups in total. The summed E-state index contributed by atoms with van der Waals surface area (Å²) < 4.78 is 28.3. The molecule has 0 aliphatic carbocycles. The summed E-state index contributed by atoms with van der Waals surface area (Å²) in [6.45, 7) is 3.83. The average Bonchev–Trinajstić information content (AvgIpc) is 2.44. The van der Waals surface area contributed by atoms with Gasteiger partial charge in [-0.15, -0.1) is 0 Å². The molecule has 0 saturated heterocycles. The number of nitrogens with zero attached hydrogens (tertiary/aromatic N) is 1. The fraction of sp³-hybridized carbons (Fsp3) is 0.933. The molecule has 0 aliphatic rings. The van der Waals surface area contributed by atoms with Gasteiger partial charge in [0.05, 0.1) is 6.61 Å². The first-order valence-corrected chi connectivity index (χ1v) is 9.48. The minimum atomic E-state index is -3.89. The Hall–Kier alpha value is 0.380. The van der Waals surface area contributed by atoms with Crippen LogP contribution in [0.5, 0.6) is 0 Å². The van der Waals surface area contributed by atoms with Crippen molar-refractivity contribution in [1.29, 1.82) is 0 Å². The molecule has 7 heteroatoms. The van der Waals surface area contributed by atoms with Gasteiger partial charge in [-0.1, -0.05) is 58.3 Å². The summed E-state index contributed by atoms with van der Waals surface area (Å²) >= 11 is 0. The van der Waals surface area contributed by atoms with E-state index in [9.17, 15) is 13.2 Å². The van der Waals surface area contributed by atoms with Crippen LogP contribution in [0.25, 0.3) is 0 Å².